The zero-order chi connectivity index (χ0) is 16.0. The van der Waals surface area contributed by atoms with Crippen LogP contribution in [-0.4, -0.2) is 28.5 Å². The van der Waals surface area contributed by atoms with Crippen LogP contribution in [0.3, 0.4) is 0 Å². The minimum Gasteiger partial charge on any atom is -0.478 e. The average molecular weight is 290 g/mol. The smallest absolute Gasteiger partial charge is 0.337 e. The van der Waals surface area contributed by atoms with Gasteiger partial charge in [-0.2, -0.15) is 0 Å². The number of carboxylic acids is 1. The van der Waals surface area contributed by atoms with E-state index in [9.17, 15) is 9.59 Å². The number of aromatic nitrogens is 1. The van der Waals surface area contributed by atoms with E-state index in [2.05, 4.69) is 38.0 Å². The van der Waals surface area contributed by atoms with E-state index in [1.165, 1.54) is 12.1 Å². The van der Waals surface area contributed by atoms with Crippen LogP contribution in [0.2, 0.25) is 0 Å². The second-order valence-electron chi connectivity index (χ2n) is 6.84. The van der Waals surface area contributed by atoms with Crippen LogP contribution < -0.4 is 5.32 Å². The number of hydrogen-bond donors (Lipinski definition) is 2. The number of carboxylic acid groups (broad SMARTS) is 1. The first-order valence-corrected chi connectivity index (χ1v) is 7.08. The second kappa shape index (κ2) is 4.83. The van der Waals surface area contributed by atoms with Gasteiger partial charge in [-0.15, -0.1) is 0 Å². The molecular formula is C16H22N2O3. The van der Waals surface area contributed by atoms with Crippen molar-refractivity contribution in [3.63, 3.8) is 0 Å². The predicted octanol–water partition coefficient (Wildman–Crippen LogP) is 2.50. The molecule has 1 aliphatic carbocycles. The van der Waals surface area contributed by atoms with Gasteiger partial charge in [0, 0.05) is 6.54 Å². The van der Waals surface area contributed by atoms with Gasteiger partial charge < -0.3 is 10.4 Å². The molecule has 0 aliphatic heterocycles. The van der Waals surface area contributed by atoms with E-state index in [0.29, 0.717) is 18.2 Å². The van der Waals surface area contributed by atoms with Crippen molar-refractivity contribution in [3.05, 3.63) is 29.1 Å². The summed E-state index contributed by atoms with van der Waals surface area (Å²) in [6.07, 6.45) is 0. The summed E-state index contributed by atoms with van der Waals surface area (Å²) in [6, 6.07) is 2.87. The third-order valence-corrected chi connectivity index (χ3v) is 5.34. The number of aryl methyl sites for hydroxylation is 1. The highest BCUT2D eigenvalue weighted by molar-refractivity contribution is 5.94. The van der Waals surface area contributed by atoms with Gasteiger partial charge in [0.05, 0.1) is 11.3 Å². The average Bonchev–Trinajstić information content (AvgIpc) is 2.76. The van der Waals surface area contributed by atoms with E-state index in [-0.39, 0.29) is 28.0 Å². The van der Waals surface area contributed by atoms with Gasteiger partial charge in [0.15, 0.2) is 0 Å². The highest BCUT2D eigenvalue weighted by atomic mass is 16.4. The zero-order valence-corrected chi connectivity index (χ0v) is 13.2. The maximum absolute atomic E-state index is 12.1. The number of nitrogens with zero attached hydrogens (tertiary/aromatic N) is 1. The lowest BCUT2D eigenvalue weighted by molar-refractivity contribution is 0.0694. The molecule has 0 bridgehead atoms. The fourth-order valence-electron chi connectivity index (χ4n) is 3.04. The van der Waals surface area contributed by atoms with Crippen LogP contribution in [0.5, 0.6) is 0 Å². The molecule has 1 aromatic heterocycles. The van der Waals surface area contributed by atoms with Gasteiger partial charge in [0.2, 0.25) is 0 Å². The molecular weight excluding hydrogens is 268 g/mol. The second-order valence-corrected chi connectivity index (χ2v) is 6.84. The number of aromatic carboxylic acids is 1. The molecule has 1 amide bonds. The lowest BCUT2D eigenvalue weighted by atomic mass is 10.0. The quantitative estimate of drug-likeness (QED) is 0.893. The molecule has 21 heavy (non-hydrogen) atoms. The first kappa shape index (κ1) is 15.5. The molecule has 0 spiro atoms. The molecule has 0 atom stereocenters. The molecule has 1 aromatic rings. The Morgan fingerprint density at radius 2 is 1.81 bits per heavy atom. The lowest BCUT2D eigenvalue weighted by Gasteiger charge is -2.07. The first-order valence-electron chi connectivity index (χ1n) is 7.08. The van der Waals surface area contributed by atoms with Crippen LogP contribution in [0.1, 0.15) is 54.2 Å². The van der Waals surface area contributed by atoms with Gasteiger partial charge in [-0.1, -0.05) is 27.7 Å². The lowest BCUT2D eigenvalue weighted by Crippen LogP contribution is -2.28. The van der Waals surface area contributed by atoms with Gasteiger partial charge in [-0.3, -0.25) is 4.79 Å². The number of carbonyl (C=O) groups is 2. The van der Waals surface area contributed by atoms with Crippen molar-refractivity contribution in [2.45, 2.75) is 34.6 Å². The summed E-state index contributed by atoms with van der Waals surface area (Å²) in [5.41, 5.74) is 1.17. The number of hydrogen-bond acceptors (Lipinski definition) is 3. The molecule has 1 aliphatic rings. The van der Waals surface area contributed by atoms with Crippen molar-refractivity contribution < 1.29 is 14.7 Å². The van der Waals surface area contributed by atoms with Crippen LogP contribution >= 0.6 is 0 Å². The van der Waals surface area contributed by atoms with Crippen molar-refractivity contribution in [2.75, 3.05) is 6.54 Å². The molecule has 0 unspecified atom stereocenters. The summed E-state index contributed by atoms with van der Waals surface area (Å²) in [7, 11) is 0. The van der Waals surface area contributed by atoms with Gasteiger partial charge >= 0.3 is 5.97 Å². The van der Waals surface area contributed by atoms with Gasteiger partial charge in [0.1, 0.15) is 5.69 Å². The Labute approximate surface area is 124 Å². The summed E-state index contributed by atoms with van der Waals surface area (Å²) >= 11 is 0. The number of nitrogens with one attached hydrogen (secondary N) is 1. The van der Waals surface area contributed by atoms with Crippen molar-refractivity contribution in [2.24, 2.45) is 16.7 Å². The first-order chi connectivity index (χ1) is 9.59. The van der Waals surface area contributed by atoms with E-state index >= 15 is 0 Å². The number of carbonyl (C=O) groups excluding carboxylic acids is 1. The molecule has 1 heterocycles. The fourth-order valence-corrected chi connectivity index (χ4v) is 3.04. The van der Waals surface area contributed by atoms with E-state index in [4.69, 9.17) is 5.11 Å². The number of amides is 1. The Morgan fingerprint density at radius 3 is 2.24 bits per heavy atom. The molecule has 0 saturated heterocycles. The molecule has 114 valence electrons. The molecule has 0 radical (unpaired) electrons. The molecule has 2 rings (SSSR count). The zero-order valence-electron chi connectivity index (χ0n) is 13.2. The SMILES string of the molecule is Cc1nc(C(=O)NCC2C(C)(C)C2(C)C)ccc1C(=O)O. The highest BCUT2D eigenvalue weighted by Gasteiger charge is 2.64. The van der Waals surface area contributed by atoms with Crippen LogP contribution in [0.4, 0.5) is 0 Å². The maximum Gasteiger partial charge on any atom is 0.337 e. The minimum absolute atomic E-state index is 0.121. The minimum atomic E-state index is -1.03. The van der Waals surface area contributed by atoms with Crippen LogP contribution in [0, 0.1) is 23.7 Å². The normalized spacial score (nSPS) is 19.1. The van der Waals surface area contributed by atoms with Gasteiger partial charge in [0.25, 0.3) is 5.91 Å². The van der Waals surface area contributed by atoms with E-state index in [1.807, 2.05) is 0 Å². The third kappa shape index (κ3) is 2.52. The molecule has 0 aromatic carbocycles. The van der Waals surface area contributed by atoms with E-state index in [0.717, 1.165) is 0 Å². The summed E-state index contributed by atoms with van der Waals surface area (Å²) in [5.74, 6) is -0.852. The largest absolute Gasteiger partial charge is 0.478 e. The summed E-state index contributed by atoms with van der Waals surface area (Å²) in [4.78, 5) is 27.1. The van der Waals surface area contributed by atoms with Crippen molar-refractivity contribution in [1.82, 2.24) is 10.3 Å². The molecule has 1 fully saturated rings. The van der Waals surface area contributed by atoms with Crippen LogP contribution in [0.25, 0.3) is 0 Å². The summed E-state index contributed by atoms with van der Waals surface area (Å²) in [5, 5.41) is 11.9. The Kier molecular flexibility index (Phi) is 3.56. The van der Waals surface area contributed by atoms with Gasteiger partial charge in [-0.05, 0) is 35.8 Å². The summed E-state index contributed by atoms with van der Waals surface area (Å²) in [6.45, 7) is 11.0. The fraction of sp³-hybridized carbons (Fsp3) is 0.562. The number of rotatable bonds is 4. The topological polar surface area (TPSA) is 79.3 Å². The Balaban J connectivity index is 2.02. The Bertz CT molecular complexity index is 592. The maximum atomic E-state index is 12.1. The number of pyridine rings is 1. The van der Waals surface area contributed by atoms with Crippen molar-refractivity contribution in [1.29, 1.82) is 0 Å². The van der Waals surface area contributed by atoms with E-state index < -0.39 is 5.97 Å². The molecule has 2 N–H and O–H groups in total. The Morgan fingerprint density at radius 1 is 1.24 bits per heavy atom. The van der Waals surface area contributed by atoms with Gasteiger partial charge in [-0.25, -0.2) is 9.78 Å². The Hall–Kier alpha value is -1.91. The van der Waals surface area contributed by atoms with Crippen LogP contribution in [0.15, 0.2) is 12.1 Å². The van der Waals surface area contributed by atoms with Crippen molar-refractivity contribution in [3.8, 4) is 0 Å². The van der Waals surface area contributed by atoms with Crippen molar-refractivity contribution >= 4 is 11.9 Å². The van der Waals surface area contributed by atoms with Crippen LogP contribution in [-0.2, 0) is 0 Å². The third-order valence-electron chi connectivity index (χ3n) is 5.34. The monoisotopic (exact) mass is 290 g/mol. The molecule has 5 heteroatoms. The molecule has 1 saturated carbocycles. The summed E-state index contributed by atoms with van der Waals surface area (Å²) < 4.78 is 0. The predicted molar refractivity (Wildman–Crippen MR) is 79.3 cm³/mol. The standard InChI is InChI=1S/C16H22N2O3/c1-9-10(14(20)21)6-7-11(18-9)13(19)17-8-12-15(2,3)16(12,4)5/h6-7,12H,8H2,1-5H3,(H,17,19)(H,20,21). The van der Waals surface area contributed by atoms with E-state index in [1.54, 1.807) is 6.92 Å². The highest BCUT2D eigenvalue weighted by Crippen LogP contribution is 2.67. The molecule has 5 nitrogen and oxygen atoms in total.